The van der Waals surface area contributed by atoms with E-state index in [0.717, 1.165) is 76.5 Å². The van der Waals surface area contributed by atoms with Crippen molar-refractivity contribution in [3.63, 3.8) is 0 Å². The second kappa shape index (κ2) is 8.29. The molecule has 4 rings (SSSR count). The van der Waals surface area contributed by atoms with Crippen molar-refractivity contribution in [2.75, 3.05) is 59.5 Å². The molecule has 0 atom stereocenters. The van der Waals surface area contributed by atoms with Crippen LogP contribution in [0.4, 0.5) is 0 Å². The van der Waals surface area contributed by atoms with E-state index < -0.39 is 0 Å². The van der Waals surface area contributed by atoms with Crippen molar-refractivity contribution in [2.24, 2.45) is 0 Å². The second-order valence-electron chi connectivity index (χ2n) is 7.46. The summed E-state index contributed by atoms with van der Waals surface area (Å²) in [4.78, 5) is 13.9. The van der Waals surface area contributed by atoms with Crippen LogP contribution in [0.25, 0.3) is 10.9 Å². The number of piperazine rings is 1. The topological polar surface area (TPSA) is 53.5 Å². The van der Waals surface area contributed by atoms with Crippen LogP contribution in [-0.2, 0) is 0 Å². The lowest BCUT2D eigenvalue weighted by Crippen LogP contribution is -2.45. The number of benzene rings is 1. The summed E-state index contributed by atoms with van der Waals surface area (Å²) in [5.41, 5.74) is 2.19. The van der Waals surface area contributed by atoms with E-state index in [1.54, 1.807) is 6.33 Å². The van der Waals surface area contributed by atoms with Gasteiger partial charge in [0, 0.05) is 50.1 Å². The molecule has 1 aromatic heterocycles. The van der Waals surface area contributed by atoms with Crippen LogP contribution in [0.3, 0.4) is 0 Å². The Morgan fingerprint density at radius 2 is 1.92 bits per heavy atom. The maximum absolute atomic E-state index is 6.00. The molecule has 2 fully saturated rings. The van der Waals surface area contributed by atoms with Crippen LogP contribution in [0.1, 0.15) is 24.5 Å². The quantitative estimate of drug-likeness (QED) is 0.881. The van der Waals surface area contributed by atoms with Gasteiger partial charge in [-0.1, -0.05) is 0 Å². The molecule has 6 nitrogen and oxygen atoms in total. The normalized spacial score (nSPS) is 20.5. The molecule has 0 unspecified atom stereocenters. The minimum Gasteiger partial charge on any atom is -0.492 e. The molecule has 2 aliphatic rings. The van der Waals surface area contributed by atoms with Crippen molar-refractivity contribution in [2.45, 2.75) is 18.8 Å². The number of hydrogen-bond acceptors (Lipinski definition) is 6. The lowest BCUT2D eigenvalue weighted by Gasteiger charge is -2.32. The summed E-state index contributed by atoms with van der Waals surface area (Å²) in [6.07, 6.45) is 4.00. The van der Waals surface area contributed by atoms with Gasteiger partial charge < -0.3 is 15.0 Å². The number of likely N-dealkylation sites (N-methyl/N-ethyl adjacent to an activating group) is 1. The molecule has 6 heteroatoms. The van der Waals surface area contributed by atoms with Gasteiger partial charge in [0.25, 0.3) is 0 Å². The van der Waals surface area contributed by atoms with E-state index in [0.29, 0.717) is 5.92 Å². The fourth-order valence-electron chi connectivity index (χ4n) is 3.93. The third kappa shape index (κ3) is 4.14. The van der Waals surface area contributed by atoms with Crippen molar-refractivity contribution in [1.29, 1.82) is 0 Å². The molecule has 2 saturated heterocycles. The van der Waals surface area contributed by atoms with Crippen molar-refractivity contribution < 1.29 is 4.74 Å². The molecule has 2 aliphatic heterocycles. The smallest absolute Gasteiger partial charge is 0.121 e. The lowest BCUT2D eigenvalue weighted by molar-refractivity contribution is 0.134. The van der Waals surface area contributed by atoms with Gasteiger partial charge in [-0.3, -0.25) is 4.90 Å². The minimum atomic E-state index is 0.533. The molecule has 0 saturated carbocycles. The summed E-state index contributed by atoms with van der Waals surface area (Å²) in [7, 11) is 2.18. The van der Waals surface area contributed by atoms with Crippen molar-refractivity contribution in [1.82, 2.24) is 25.1 Å². The number of aromatic nitrogens is 2. The van der Waals surface area contributed by atoms with Crippen LogP contribution in [0, 0.1) is 0 Å². The second-order valence-corrected chi connectivity index (χ2v) is 7.46. The maximum atomic E-state index is 6.00. The average Bonchev–Trinajstić information content (AvgIpc) is 2.69. The minimum absolute atomic E-state index is 0.533. The maximum Gasteiger partial charge on any atom is 0.121 e. The number of fused-ring (bicyclic) bond motifs is 1. The summed E-state index contributed by atoms with van der Waals surface area (Å²) in [6, 6.07) is 6.27. The highest BCUT2D eigenvalue weighted by Gasteiger charge is 2.19. The zero-order valence-corrected chi connectivity index (χ0v) is 15.7. The highest BCUT2D eigenvalue weighted by molar-refractivity contribution is 5.82. The number of rotatable bonds is 5. The van der Waals surface area contributed by atoms with E-state index >= 15 is 0 Å². The van der Waals surface area contributed by atoms with Crippen molar-refractivity contribution in [3.8, 4) is 5.75 Å². The van der Waals surface area contributed by atoms with E-state index in [4.69, 9.17) is 4.74 Å². The van der Waals surface area contributed by atoms with Gasteiger partial charge in [-0.05, 0) is 45.1 Å². The number of hydrogen-bond donors (Lipinski definition) is 1. The Morgan fingerprint density at radius 3 is 2.73 bits per heavy atom. The predicted octanol–water partition coefficient (Wildman–Crippen LogP) is 1.72. The molecule has 0 amide bonds. The number of ether oxygens (including phenoxy) is 1. The molecule has 3 heterocycles. The lowest BCUT2D eigenvalue weighted by atomic mass is 9.92. The number of piperidine rings is 1. The summed E-state index contributed by atoms with van der Waals surface area (Å²) < 4.78 is 6.00. The van der Waals surface area contributed by atoms with Crippen LogP contribution >= 0.6 is 0 Å². The Balaban J connectivity index is 1.39. The van der Waals surface area contributed by atoms with Gasteiger partial charge >= 0.3 is 0 Å². The van der Waals surface area contributed by atoms with E-state index in [9.17, 15) is 0 Å². The molecular weight excluding hydrogens is 326 g/mol. The first-order valence-corrected chi connectivity index (χ1v) is 9.79. The number of nitrogens with zero attached hydrogens (tertiary/aromatic N) is 4. The van der Waals surface area contributed by atoms with Crippen LogP contribution in [0.2, 0.25) is 0 Å². The highest BCUT2D eigenvalue weighted by atomic mass is 16.5. The summed E-state index contributed by atoms with van der Waals surface area (Å²) in [5, 5.41) is 4.60. The Hall–Kier alpha value is -1.76. The van der Waals surface area contributed by atoms with E-state index in [1.807, 2.05) is 0 Å². The zero-order chi connectivity index (χ0) is 17.8. The molecular formula is C20H29N5O. The summed E-state index contributed by atoms with van der Waals surface area (Å²) in [5.74, 6) is 1.44. The standard InChI is InChI=1S/C20H29N5O/c1-24-8-10-25(11-9-24)12-13-26-17-2-3-18-19(14-17)22-15-23-20(18)16-4-6-21-7-5-16/h2-3,14-16,21H,4-13H2,1H3. The third-order valence-corrected chi connectivity index (χ3v) is 5.64. The van der Waals surface area contributed by atoms with Crippen molar-refractivity contribution >= 4 is 10.9 Å². The van der Waals surface area contributed by atoms with Gasteiger partial charge in [0.2, 0.25) is 0 Å². The van der Waals surface area contributed by atoms with Crippen LogP contribution in [0.15, 0.2) is 24.5 Å². The van der Waals surface area contributed by atoms with Crippen LogP contribution < -0.4 is 10.1 Å². The van der Waals surface area contributed by atoms with Gasteiger partial charge in [0.05, 0.1) is 11.2 Å². The molecule has 140 valence electrons. The van der Waals surface area contributed by atoms with Crippen LogP contribution in [-0.4, -0.2) is 79.2 Å². The molecule has 1 N–H and O–H groups in total. The van der Waals surface area contributed by atoms with Crippen molar-refractivity contribution in [3.05, 3.63) is 30.2 Å². The first-order chi connectivity index (χ1) is 12.8. The fraction of sp³-hybridized carbons (Fsp3) is 0.600. The fourth-order valence-corrected chi connectivity index (χ4v) is 3.93. The van der Waals surface area contributed by atoms with E-state index in [-0.39, 0.29) is 0 Å². The first kappa shape index (κ1) is 17.6. The van der Waals surface area contributed by atoms with Gasteiger partial charge in [0.1, 0.15) is 18.7 Å². The first-order valence-electron chi connectivity index (χ1n) is 9.79. The van der Waals surface area contributed by atoms with Gasteiger partial charge in [-0.2, -0.15) is 0 Å². The predicted molar refractivity (Wildman–Crippen MR) is 104 cm³/mol. The molecule has 0 aliphatic carbocycles. The summed E-state index contributed by atoms with van der Waals surface area (Å²) in [6.45, 7) is 8.40. The monoisotopic (exact) mass is 355 g/mol. The number of nitrogens with one attached hydrogen (secondary N) is 1. The molecule has 2 aromatic rings. The van der Waals surface area contributed by atoms with E-state index in [1.165, 1.54) is 11.1 Å². The Labute approximate surface area is 155 Å². The largest absolute Gasteiger partial charge is 0.492 e. The Kier molecular flexibility index (Phi) is 5.62. The molecule has 26 heavy (non-hydrogen) atoms. The molecule has 0 radical (unpaired) electrons. The van der Waals surface area contributed by atoms with Gasteiger partial charge in [-0.25, -0.2) is 9.97 Å². The average molecular weight is 355 g/mol. The van der Waals surface area contributed by atoms with Gasteiger partial charge in [-0.15, -0.1) is 0 Å². The highest BCUT2D eigenvalue weighted by Crippen LogP contribution is 2.30. The Morgan fingerprint density at radius 1 is 1.12 bits per heavy atom. The van der Waals surface area contributed by atoms with Crippen LogP contribution in [0.5, 0.6) is 5.75 Å². The zero-order valence-electron chi connectivity index (χ0n) is 15.7. The van der Waals surface area contributed by atoms with E-state index in [2.05, 4.69) is 50.3 Å². The molecule has 0 bridgehead atoms. The summed E-state index contributed by atoms with van der Waals surface area (Å²) >= 11 is 0. The Bertz CT molecular complexity index is 723. The van der Waals surface area contributed by atoms with Gasteiger partial charge in [0.15, 0.2) is 0 Å². The SMILES string of the molecule is CN1CCN(CCOc2ccc3c(C4CCNCC4)ncnc3c2)CC1. The molecule has 1 aromatic carbocycles. The third-order valence-electron chi connectivity index (χ3n) is 5.64. The molecule has 0 spiro atoms.